The van der Waals surface area contributed by atoms with Crippen LogP contribution < -0.4 is 16.4 Å². The number of carbonyl (C=O) groups excluding carboxylic acids is 2. The highest BCUT2D eigenvalue weighted by Crippen LogP contribution is 2.50. The molecule has 2 amide bonds. The Morgan fingerprint density at radius 2 is 1.63 bits per heavy atom. The Morgan fingerprint density at radius 1 is 1.07 bits per heavy atom. The van der Waals surface area contributed by atoms with Gasteiger partial charge in [-0.2, -0.15) is 0 Å². The first-order valence-corrected chi connectivity index (χ1v) is 13.2. The van der Waals surface area contributed by atoms with Crippen LogP contribution in [0.2, 0.25) is 0 Å². The van der Waals surface area contributed by atoms with Crippen molar-refractivity contribution >= 4 is 19.2 Å². The second-order valence-electron chi connectivity index (χ2n) is 9.28. The standard InChI is InChI=1S/C21H42N3O5P/c1-6-14(4)17(22)19(26)23-18(13(2)3)20(27)24-21(15(5)25)30(28,29)12-16-10-8-7-9-11-16/h13-18,21,25H,6-12,22H2,1-5H3,(H,23,26)(H,24,27)(H,28,29)/t14?,15-,17+,18+,21?/m1/s1. The summed E-state index contributed by atoms with van der Waals surface area (Å²) in [6.07, 6.45) is 4.61. The van der Waals surface area contributed by atoms with Gasteiger partial charge in [-0.15, -0.1) is 0 Å². The molecule has 0 saturated heterocycles. The van der Waals surface area contributed by atoms with E-state index in [9.17, 15) is 24.2 Å². The van der Waals surface area contributed by atoms with Crippen molar-refractivity contribution < 1.29 is 24.2 Å². The highest BCUT2D eigenvalue weighted by molar-refractivity contribution is 7.58. The van der Waals surface area contributed by atoms with E-state index in [0.717, 1.165) is 38.5 Å². The van der Waals surface area contributed by atoms with E-state index >= 15 is 0 Å². The maximum Gasteiger partial charge on any atom is 0.243 e. The van der Waals surface area contributed by atoms with Crippen LogP contribution in [-0.2, 0) is 14.2 Å². The summed E-state index contributed by atoms with van der Waals surface area (Å²) in [5.41, 5.74) is 5.97. The van der Waals surface area contributed by atoms with Crippen LogP contribution in [-0.4, -0.2) is 51.9 Å². The van der Waals surface area contributed by atoms with Crippen molar-refractivity contribution in [3.8, 4) is 0 Å². The van der Waals surface area contributed by atoms with Gasteiger partial charge in [-0.3, -0.25) is 14.2 Å². The number of aliphatic hydroxyl groups is 1. The highest BCUT2D eigenvalue weighted by Gasteiger charge is 2.40. The summed E-state index contributed by atoms with van der Waals surface area (Å²) in [6, 6.07) is -1.66. The van der Waals surface area contributed by atoms with E-state index in [0.29, 0.717) is 0 Å². The monoisotopic (exact) mass is 447 g/mol. The first-order valence-electron chi connectivity index (χ1n) is 11.3. The van der Waals surface area contributed by atoms with Crippen molar-refractivity contribution in [2.75, 3.05) is 6.16 Å². The first-order chi connectivity index (χ1) is 13.9. The molecule has 0 aliphatic heterocycles. The van der Waals surface area contributed by atoms with Gasteiger partial charge < -0.3 is 26.4 Å². The summed E-state index contributed by atoms with van der Waals surface area (Å²) in [6.45, 7) is 8.75. The SMILES string of the molecule is CCC(C)[C@H](N)C(=O)N[C@H](C(=O)NC([C@@H](C)O)P(=O)(O)CC1CCCCC1)C(C)C. The summed E-state index contributed by atoms with van der Waals surface area (Å²) >= 11 is 0. The molecule has 9 heteroatoms. The minimum atomic E-state index is -3.84. The third-order valence-electron chi connectivity index (χ3n) is 6.23. The zero-order valence-corrected chi connectivity index (χ0v) is 20.0. The van der Waals surface area contributed by atoms with Gasteiger partial charge in [0, 0.05) is 6.16 Å². The lowest BCUT2D eigenvalue weighted by Gasteiger charge is -2.32. The van der Waals surface area contributed by atoms with Crippen molar-refractivity contribution in [1.29, 1.82) is 0 Å². The van der Waals surface area contributed by atoms with Crippen LogP contribution >= 0.6 is 7.37 Å². The van der Waals surface area contributed by atoms with Crippen molar-refractivity contribution in [3.63, 3.8) is 0 Å². The molecule has 6 atom stereocenters. The largest absolute Gasteiger partial charge is 0.391 e. The lowest BCUT2D eigenvalue weighted by molar-refractivity contribution is -0.131. The zero-order valence-electron chi connectivity index (χ0n) is 19.1. The molecule has 1 rings (SSSR count). The summed E-state index contributed by atoms with van der Waals surface area (Å²) in [4.78, 5) is 36.1. The van der Waals surface area contributed by atoms with E-state index in [1.54, 1.807) is 13.8 Å². The van der Waals surface area contributed by atoms with E-state index in [1.807, 2.05) is 13.8 Å². The Balaban J connectivity index is 2.89. The zero-order chi connectivity index (χ0) is 23.1. The molecular formula is C21H42N3O5P. The third-order valence-corrected chi connectivity index (χ3v) is 8.70. The number of amides is 2. The molecule has 0 spiro atoms. The van der Waals surface area contributed by atoms with Crippen molar-refractivity contribution in [2.24, 2.45) is 23.5 Å². The van der Waals surface area contributed by atoms with Gasteiger partial charge in [0.05, 0.1) is 12.1 Å². The van der Waals surface area contributed by atoms with Crippen LogP contribution in [0.3, 0.4) is 0 Å². The minimum Gasteiger partial charge on any atom is -0.391 e. The fourth-order valence-corrected chi connectivity index (χ4v) is 6.28. The molecule has 0 radical (unpaired) electrons. The number of rotatable bonds is 11. The fourth-order valence-electron chi connectivity index (χ4n) is 3.94. The van der Waals surface area contributed by atoms with Crippen LogP contribution in [0.4, 0.5) is 0 Å². The Labute approximate surface area is 181 Å². The molecule has 30 heavy (non-hydrogen) atoms. The van der Waals surface area contributed by atoms with E-state index in [2.05, 4.69) is 10.6 Å². The van der Waals surface area contributed by atoms with E-state index in [-0.39, 0.29) is 23.9 Å². The van der Waals surface area contributed by atoms with Gasteiger partial charge >= 0.3 is 0 Å². The van der Waals surface area contributed by atoms with Gasteiger partial charge in [0.25, 0.3) is 0 Å². The molecule has 176 valence electrons. The number of nitrogens with two attached hydrogens (primary N) is 1. The van der Waals surface area contributed by atoms with E-state index < -0.39 is 43.2 Å². The molecule has 0 aromatic rings. The number of aliphatic hydroxyl groups excluding tert-OH is 1. The average Bonchev–Trinajstić information content (AvgIpc) is 2.68. The molecule has 1 saturated carbocycles. The predicted molar refractivity (Wildman–Crippen MR) is 119 cm³/mol. The van der Waals surface area contributed by atoms with Crippen LogP contribution in [0.15, 0.2) is 0 Å². The molecule has 0 aromatic heterocycles. The second kappa shape index (κ2) is 12.2. The van der Waals surface area contributed by atoms with Crippen LogP contribution in [0.1, 0.15) is 73.1 Å². The lowest BCUT2D eigenvalue weighted by atomic mass is 9.91. The van der Waals surface area contributed by atoms with Gasteiger partial charge in [-0.05, 0) is 37.5 Å². The molecule has 0 bridgehead atoms. The lowest BCUT2D eigenvalue weighted by Crippen LogP contribution is -2.57. The number of carbonyl (C=O) groups is 2. The average molecular weight is 448 g/mol. The van der Waals surface area contributed by atoms with Gasteiger partial charge in [0.1, 0.15) is 11.8 Å². The quantitative estimate of drug-likeness (QED) is 0.307. The van der Waals surface area contributed by atoms with Crippen molar-refractivity contribution in [3.05, 3.63) is 0 Å². The van der Waals surface area contributed by atoms with Crippen LogP contribution in [0, 0.1) is 17.8 Å². The molecule has 0 heterocycles. The summed E-state index contributed by atoms with van der Waals surface area (Å²) in [7, 11) is -3.84. The molecular weight excluding hydrogens is 405 g/mol. The van der Waals surface area contributed by atoms with Crippen molar-refractivity contribution in [1.82, 2.24) is 10.6 Å². The maximum atomic E-state index is 13.1. The molecule has 8 nitrogen and oxygen atoms in total. The first kappa shape index (κ1) is 27.1. The number of nitrogens with one attached hydrogen (secondary N) is 2. The highest BCUT2D eigenvalue weighted by atomic mass is 31.2. The smallest absolute Gasteiger partial charge is 0.243 e. The Morgan fingerprint density at radius 3 is 2.10 bits per heavy atom. The van der Waals surface area contributed by atoms with Crippen LogP contribution in [0.25, 0.3) is 0 Å². The summed E-state index contributed by atoms with van der Waals surface area (Å²) in [5, 5.41) is 15.4. The van der Waals surface area contributed by atoms with Crippen molar-refractivity contribution in [2.45, 2.75) is 97.1 Å². The molecule has 6 N–H and O–H groups in total. The summed E-state index contributed by atoms with van der Waals surface area (Å²) in [5.74, 6) is -2.46. The topological polar surface area (TPSA) is 142 Å². The van der Waals surface area contributed by atoms with Crippen LogP contribution in [0.5, 0.6) is 0 Å². The van der Waals surface area contributed by atoms with Gasteiger partial charge in [-0.1, -0.05) is 53.4 Å². The predicted octanol–water partition coefficient (Wildman–Crippen LogP) is 2.17. The van der Waals surface area contributed by atoms with Gasteiger partial charge in [0.2, 0.25) is 19.2 Å². The molecule has 1 aliphatic rings. The second-order valence-corrected chi connectivity index (χ2v) is 11.7. The Kier molecular flexibility index (Phi) is 11.0. The normalized spacial score (nSPS) is 22.4. The van der Waals surface area contributed by atoms with Gasteiger partial charge in [0.15, 0.2) is 0 Å². The fraction of sp³-hybridized carbons (Fsp3) is 0.905. The minimum absolute atomic E-state index is 0.0424. The maximum absolute atomic E-state index is 13.1. The van der Waals surface area contributed by atoms with Gasteiger partial charge in [-0.25, -0.2) is 0 Å². The molecule has 3 unspecified atom stereocenters. The summed E-state index contributed by atoms with van der Waals surface area (Å²) < 4.78 is 13.1. The van der Waals surface area contributed by atoms with E-state index in [1.165, 1.54) is 6.92 Å². The Hall–Kier alpha value is -0.950. The van der Waals surface area contributed by atoms with E-state index in [4.69, 9.17) is 5.73 Å². The molecule has 1 aliphatic carbocycles. The Bertz CT molecular complexity index is 607. The molecule has 0 aromatic carbocycles. The third kappa shape index (κ3) is 7.95. The number of hydrogen-bond donors (Lipinski definition) is 5. The number of hydrogen-bond acceptors (Lipinski definition) is 5. The molecule has 1 fully saturated rings.